The molecule has 0 aliphatic heterocycles. The monoisotopic (exact) mass is 455 g/mol. The Morgan fingerprint density at radius 1 is 0.971 bits per heavy atom. The van der Waals surface area contributed by atoms with E-state index in [9.17, 15) is 14.0 Å². The topological polar surface area (TPSA) is 48.3 Å². The van der Waals surface area contributed by atoms with Gasteiger partial charge in [0.15, 0.2) is 0 Å². The Kier molecular flexibility index (Phi) is 6.01. The van der Waals surface area contributed by atoms with Crippen LogP contribution in [-0.4, -0.2) is 16.4 Å². The van der Waals surface area contributed by atoms with Gasteiger partial charge in [0.1, 0.15) is 12.4 Å². The van der Waals surface area contributed by atoms with Crippen LogP contribution in [0.5, 0.6) is 0 Å². The Morgan fingerprint density at radius 2 is 1.68 bits per heavy atom. The molecule has 1 aromatic heterocycles. The summed E-state index contributed by atoms with van der Waals surface area (Å²) in [4.78, 5) is 26.3. The van der Waals surface area contributed by atoms with Crippen LogP contribution in [0.1, 0.15) is 46.1 Å². The summed E-state index contributed by atoms with van der Waals surface area (Å²) < 4.78 is 20.8. The van der Waals surface area contributed by atoms with Crippen molar-refractivity contribution < 1.29 is 18.7 Å². The second-order valence-corrected chi connectivity index (χ2v) is 8.81. The second kappa shape index (κ2) is 9.26. The van der Waals surface area contributed by atoms with Crippen molar-refractivity contribution in [3.05, 3.63) is 107 Å². The molecule has 0 fully saturated rings. The number of esters is 1. The molecular weight excluding hydrogens is 429 g/mol. The van der Waals surface area contributed by atoms with Gasteiger partial charge in [0.05, 0.1) is 11.4 Å². The molecule has 0 amide bonds. The third-order valence-electron chi connectivity index (χ3n) is 6.71. The SMILES string of the molecule is CCc1ccc(COC(=O)C2CCc3c(c4ccccc4n3C(=O)c3ccc(F)cc3)C2)cc1. The van der Waals surface area contributed by atoms with Gasteiger partial charge in [-0.25, -0.2) is 4.39 Å². The number of aryl methyl sites for hydroxylation is 1. The molecule has 1 atom stereocenters. The molecule has 34 heavy (non-hydrogen) atoms. The van der Waals surface area contributed by atoms with Crippen LogP contribution in [0.15, 0.2) is 72.8 Å². The maximum absolute atomic E-state index is 13.4. The van der Waals surface area contributed by atoms with E-state index in [0.29, 0.717) is 24.8 Å². The Hall–Kier alpha value is -3.73. The standard InChI is InChI=1S/C29H26FNO3/c1-2-19-7-9-20(10-8-19)18-34-29(33)22-13-16-27-25(17-22)24-5-3-4-6-26(24)31(27)28(32)21-11-14-23(30)15-12-21/h3-12,14-15,22H,2,13,16-18H2,1H3. The molecule has 1 aliphatic rings. The first-order chi connectivity index (χ1) is 16.5. The summed E-state index contributed by atoms with van der Waals surface area (Å²) in [7, 11) is 0. The fraction of sp³-hybridized carbons (Fsp3) is 0.241. The summed E-state index contributed by atoms with van der Waals surface area (Å²) in [5.41, 5.74) is 5.42. The number of ether oxygens (including phenoxy) is 1. The number of halogens is 1. The highest BCUT2D eigenvalue weighted by molar-refractivity contribution is 6.04. The van der Waals surface area contributed by atoms with Gasteiger partial charge in [-0.05, 0) is 72.7 Å². The average Bonchev–Trinajstić information content (AvgIpc) is 3.21. The molecule has 0 saturated heterocycles. The number of fused-ring (bicyclic) bond motifs is 3. The molecule has 172 valence electrons. The minimum Gasteiger partial charge on any atom is -0.461 e. The molecule has 0 bridgehead atoms. The highest BCUT2D eigenvalue weighted by Crippen LogP contribution is 2.35. The van der Waals surface area contributed by atoms with E-state index in [1.807, 2.05) is 36.4 Å². The fourth-order valence-electron chi connectivity index (χ4n) is 4.81. The van der Waals surface area contributed by atoms with E-state index in [1.165, 1.54) is 29.8 Å². The lowest BCUT2D eigenvalue weighted by molar-refractivity contribution is -0.150. The number of hydrogen-bond donors (Lipinski definition) is 0. The zero-order valence-electron chi connectivity index (χ0n) is 19.1. The van der Waals surface area contributed by atoms with E-state index >= 15 is 0 Å². The van der Waals surface area contributed by atoms with Gasteiger partial charge in [-0.3, -0.25) is 14.2 Å². The lowest BCUT2D eigenvalue weighted by atomic mass is 9.86. The van der Waals surface area contributed by atoms with Crippen LogP contribution >= 0.6 is 0 Å². The van der Waals surface area contributed by atoms with Crippen molar-refractivity contribution in [2.24, 2.45) is 5.92 Å². The third kappa shape index (κ3) is 4.14. The van der Waals surface area contributed by atoms with Gasteiger partial charge in [-0.2, -0.15) is 0 Å². The smallest absolute Gasteiger partial charge is 0.309 e. The zero-order chi connectivity index (χ0) is 23.7. The van der Waals surface area contributed by atoms with Crippen LogP contribution in [-0.2, 0) is 35.4 Å². The van der Waals surface area contributed by atoms with E-state index in [-0.39, 0.29) is 30.2 Å². The van der Waals surface area contributed by atoms with Gasteiger partial charge in [-0.15, -0.1) is 0 Å². The summed E-state index contributed by atoms with van der Waals surface area (Å²) in [6, 6.07) is 21.5. The number of carbonyl (C=O) groups is 2. The van der Waals surface area contributed by atoms with E-state index in [4.69, 9.17) is 4.74 Å². The van der Waals surface area contributed by atoms with Crippen molar-refractivity contribution in [3.63, 3.8) is 0 Å². The highest BCUT2D eigenvalue weighted by atomic mass is 19.1. The zero-order valence-corrected chi connectivity index (χ0v) is 19.1. The van der Waals surface area contributed by atoms with E-state index in [1.54, 1.807) is 4.57 Å². The highest BCUT2D eigenvalue weighted by Gasteiger charge is 2.32. The average molecular weight is 456 g/mol. The van der Waals surface area contributed by atoms with E-state index < -0.39 is 0 Å². The van der Waals surface area contributed by atoms with Crippen molar-refractivity contribution in [3.8, 4) is 0 Å². The van der Waals surface area contributed by atoms with Gasteiger partial charge in [0, 0.05) is 16.6 Å². The predicted octanol–water partition coefficient (Wildman–Crippen LogP) is 5.88. The van der Waals surface area contributed by atoms with Crippen LogP contribution in [0, 0.1) is 11.7 Å². The van der Waals surface area contributed by atoms with Gasteiger partial charge < -0.3 is 4.74 Å². The van der Waals surface area contributed by atoms with Crippen molar-refractivity contribution in [2.45, 2.75) is 39.2 Å². The van der Waals surface area contributed by atoms with Crippen molar-refractivity contribution in [1.82, 2.24) is 4.57 Å². The van der Waals surface area contributed by atoms with Crippen LogP contribution in [0.25, 0.3) is 10.9 Å². The minimum atomic E-state index is -0.376. The predicted molar refractivity (Wildman–Crippen MR) is 129 cm³/mol. The Bertz CT molecular complexity index is 1350. The first-order valence-electron chi connectivity index (χ1n) is 11.7. The summed E-state index contributed by atoms with van der Waals surface area (Å²) in [6.07, 6.45) is 2.73. The third-order valence-corrected chi connectivity index (χ3v) is 6.71. The molecule has 4 aromatic rings. The summed E-state index contributed by atoms with van der Waals surface area (Å²) in [5.74, 6) is -1.01. The lowest BCUT2D eigenvalue weighted by Crippen LogP contribution is -2.26. The molecule has 5 rings (SSSR count). The minimum absolute atomic E-state index is 0.186. The molecule has 0 radical (unpaired) electrons. The number of aromatic nitrogens is 1. The fourth-order valence-corrected chi connectivity index (χ4v) is 4.81. The van der Waals surface area contributed by atoms with Gasteiger partial charge in [0.2, 0.25) is 0 Å². The first kappa shape index (κ1) is 22.1. The van der Waals surface area contributed by atoms with Gasteiger partial charge in [-0.1, -0.05) is 49.4 Å². The molecule has 0 saturated carbocycles. The van der Waals surface area contributed by atoms with E-state index in [2.05, 4.69) is 19.1 Å². The summed E-state index contributed by atoms with van der Waals surface area (Å²) in [5, 5.41) is 0.973. The van der Waals surface area contributed by atoms with Crippen molar-refractivity contribution in [1.29, 1.82) is 0 Å². The molecule has 0 spiro atoms. The maximum Gasteiger partial charge on any atom is 0.309 e. The second-order valence-electron chi connectivity index (χ2n) is 8.81. The largest absolute Gasteiger partial charge is 0.461 e. The molecule has 1 unspecified atom stereocenters. The molecule has 5 heteroatoms. The van der Waals surface area contributed by atoms with E-state index in [0.717, 1.165) is 34.1 Å². The first-order valence-corrected chi connectivity index (χ1v) is 11.7. The van der Waals surface area contributed by atoms with Crippen LogP contribution in [0.2, 0.25) is 0 Å². The molecule has 0 N–H and O–H groups in total. The van der Waals surface area contributed by atoms with Crippen molar-refractivity contribution in [2.75, 3.05) is 0 Å². The van der Waals surface area contributed by atoms with Crippen LogP contribution in [0.3, 0.4) is 0 Å². The lowest BCUT2D eigenvalue weighted by Gasteiger charge is -2.22. The maximum atomic E-state index is 13.4. The number of carbonyl (C=O) groups excluding carboxylic acids is 2. The normalized spacial score (nSPS) is 15.2. The number of nitrogens with zero attached hydrogens (tertiary/aromatic N) is 1. The molecule has 1 heterocycles. The number of para-hydroxylation sites is 1. The Labute approximate surface area is 198 Å². The van der Waals surface area contributed by atoms with Gasteiger partial charge in [0.25, 0.3) is 5.91 Å². The number of rotatable bonds is 5. The molecule has 1 aliphatic carbocycles. The Morgan fingerprint density at radius 3 is 2.41 bits per heavy atom. The quantitative estimate of drug-likeness (QED) is 0.353. The summed E-state index contributed by atoms with van der Waals surface area (Å²) in [6.45, 7) is 2.37. The molecule has 3 aromatic carbocycles. The van der Waals surface area contributed by atoms with Gasteiger partial charge >= 0.3 is 5.97 Å². The summed E-state index contributed by atoms with van der Waals surface area (Å²) >= 11 is 0. The van der Waals surface area contributed by atoms with Crippen LogP contribution in [0.4, 0.5) is 4.39 Å². The van der Waals surface area contributed by atoms with Crippen molar-refractivity contribution >= 4 is 22.8 Å². The molecular formula is C29H26FNO3. The molecule has 4 nitrogen and oxygen atoms in total. The number of benzene rings is 3. The van der Waals surface area contributed by atoms with Crippen LogP contribution < -0.4 is 0 Å². The Balaban J connectivity index is 1.39. The number of hydrogen-bond acceptors (Lipinski definition) is 3.